The fourth-order valence-corrected chi connectivity index (χ4v) is 4.73. The number of carbonyl (C=O) groups is 1. The highest BCUT2D eigenvalue weighted by atomic mass is 127. The molecule has 2 aliphatic heterocycles. The first-order chi connectivity index (χ1) is 15.2. The number of nitrogens with zero attached hydrogens (tertiary/aromatic N) is 2. The number of aliphatic hydroxyl groups is 2. The van der Waals surface area contributed by atoms with Gasteiger partial charge < -0.3 is 25.0 Å². The number of nitrogens with one attached hydrogen (secondary N) is 1. The minimum Gasteiger partial charge on any atom is -0.493 e. The number of benzene rings is 1. The Bertz CT molecular complexity index is 1090. The van der Waals surface area contributed by atoms with Crippen molar-refractivity contribution >= 4 is 34.3 Å². The quantitative estimate of drug-likeness (QED) is 0.386. The lowest BCUT2D eigenvalue weighted by Gasteiger charge is -2.23. The second-order valence-corrected chi connectivity index (χ2v) is 9.52. The number of ether oxygens (including phenoxy) is 2. The first-order valence-electron chi connectivity index (χ1n) is 10.2. The molecule has 1 fully saturated rings. The Hall–Kier alpha value is -2.09. The number of carbonyl (C=O) groups excluding carboxylic acids is 1. The lowest BCUT2D eigenvalue weighted by Crippen LogP contribution is -2.40. The van der Waals surface area contributed by atoms with Gasteiger partial charge in [0.1, 0.15) is 23.8 Å². The summed E-state index contributed by atoms with van der Waals surface area (Å²) >= 11 is 1.35. The van der Waals surface area contributed by atoms with Crippen LogP contribution in [0.25, 0.3) is 0 Å². The number of anilines is 1. The Kier molecular flexibility index (Phi) is 6.52. The largest absolute Gasteiger partial charge is 0.493 e. The Morgan fingerprint density at radius 3 is 2.91 bits per heavy atom. The zero-order chi connectivity index (χ0) is 23.0. The Morgan fingerprint density at radius 1 is 1.44 bits per heavy atom. The Morgan fingerprint density at radius 2 is 2.22 bits per heavy atom. The van der Waals surface area contributed by atoms with Crippen LogP contribution < -0.4 is 15.7 Å². The third kappa shape index (κ3) is 4.26. The average molecular weight is 559 g/mol. The topological polar surface area (TPSA) is 123 Å². The monoisotopic (exact) mass is 559 g/mol. The van der Waals surface area contributed by atoms with E-state index in [1.54, 1.807) is 6.07 Å². The molecule has 0 aliphatic carbocycles. The third-order valence-electron chi connectivity index (χ3n) is 5.63. The summed E-state index contributed by atoms with van der Waals surface area (Å²) in [6.45, 7) is 1.82. The van der Waals surface area contributed by atoms with Crippen LogP contribution in [0.3, 0.4) is 0 Å². The molecular formula is C21H23FIN3O6. The van der Waals surface area contributed by atoms with Crippen LogP contribution >= 0.6 is 22.6 Å². The molecule has 2 aromatic rings. The summed E-state index contributed by atoms with van der Waals surface area (Å²) in [7, 11) is 0. The molecule has 11 heteroatoms. The van der Waals surface area contributed by atoms with Crippen molar-refractivity contribution in [3.8, 4) is 5.75 Å². The maximum atomic E-state index is 14.9. The highest BCUT2D eigenvalue weighted by Gasteiger charge is 2.56. The van der Waals surface area contributed by atoms with E-state index in [1.807, 2.05) is 13.0 Å². The van der Waals surface area contributed by atoms with Crippen LogP contribution in [0.4, 0.5) is 10.2 Å². The van der Waals surface area contributed by atoms with Crippen molar-refractivity contribution in [1.82, 2.24) is 9.55 Å². The molecule has 0 bridgehead atoms. The summed E-state index contributed by atoms with van der Waals surface area (Å²) in [5.41, 5.74) is 1.36. The lowest BCUT2D eigenvalue weighted by atomic mass is 10.0. The van der Waals surface area contributed by atoms with Crippen LogP contribution in [-0.2, 0) is 11.2 Å². The number of aromatic nitrogens is 2. The standard InChI is InChI=1S/C21H23FIN3O6/c1-11-8-12-4-2-3-7-31-14(12)9-13(11)18(29)24-16-5-6-26(20(30)25-16)19-21(22,23)17(28)15(10-27)32-19/h5-6,8-9,15,17,19,27-28H,2-4,7,10H2,1H3,(H,24,25,29,30)/t15-,17-,19?,21?/m1/s1. The van der Waals surface area contributed by atoms with Crippen LogP contribution in [0.2, 0.25) is 0 Å². The second kappa shape index (κ2) is 9.04. The molecule has 1 amide bonds. The van der Waals surface area contributed by atoms with Gasteiger partial charge in [0, 0.05) is 11.8 Å². The van der Waals surface area contributed by atoms with Crippen molar-refractivity contribution < 1.29 is 28.9 Å². The van der Waals surface area contributed by atoms with Gasteiger partial charge in [-0.2, -0.15) is 4.98 Å². The van der Waals surface area contributed by atoms with Gasteiger partial charge in [0.05, 0.1) is 13.2 Å². The molecule has 2 aliphatic rings. The van der Waals surface area contributed by atoms with E-state index >= 15 is 0 Å². The molecule has 4 atom stereocenters. The lowest BCUT2D eigenvalue weighted by molar-refractivity contribution is -0.0499. The summed E-state index contributed by atoms with van der Waals surface area (Å²) < 4.78 is 24.5. The van der Waals surface area contributed by atoms with Crippen LogP contribution in [0.1, 0.15) is 40.6 Å². The molecule has 0 saturated carbocycles. The minimum absolute atomic E-state index is 0.0123. The van der Waals surface area contributed by atoms with E-state index in [1.165, 1.54) is 34.9 Å². The Labute approximate surface area is 196 Å². The molecule has 172 valence electrons. The molecule has 1 aromatic heterocycles. The smallest absolute Gasteiger partial charge is 0.351 e. The van der Waals surface area contributed by atoms with E-state index in [0.29, 0.717) is 17.9 Å². The number of fused-ring (bicyclic) bond motifs is 1. The number of hydrogen-bond donors (Lipinski definition) is 3. The zero-order valence-corrected chi connectivity index (χ0v) is 19.4. The molecule has 4 rings (SSSR count). The van der Waals surface area contributed by atoms with Gasteiger partial charge in [-0.15, -0.1) is 0 Å². The number of alkyl halides is 2. The van der Waals surface area contributed by atoms with Gasteiger partial charge >= 0.3 is 5.69 Å². The van der Waals surface area contributed by atoms with Gasteiger partial charge in [-0.25, -0.2) is 9.18 Å². The van der Waals surface area contributed by atoms with E-state index in [2.05, 4.69) is 10.3 Å². The van der Waals surface area contributed by atoms with Gasteiger partial charge in [0.15, 0.2) is 6.23 Å². The van der Waals surface area contributed by atoms with Crippen molar-refractivity contribution in [3.63, 3.8) is 0 Å². The Balaban J connectivity index is 1.55. The third-order valence-corrected chi connectivity index (χ3v) is 6.80. The van der Waals surface area contributed by atoms with Crippen molar-refractivity contribution in [2.75, 3.05) is 18.5 Å². The normalized spacial score (nSPS) is 27.3. The van der Waals surface area contributed by atoms with E-state index in [4.69, 9.17) is 9.47 Å². The number of hydrogen-bond acceptors (Lipinski definition) is 7. The highest BCUT2D eigenvalue weighted by Crippen LogP contribution is 2.45. The summed E-state index contributed by atoms with van der Waals surface area (Å²) in [6, 6.07) is 4.97. The highest BCUT2D eigenvalue weighted by molar-refractivity contribution is 14.1. The molecule has 1 saturated heterocycles. The predicted octanol–water partition coefficient (Wildman–Crippen LogP) is 1.87. The van der Waals surface area contributed by atoms with E-state index in [0.717, 1.165) is 35.0 Å². The fourth-order valence-electron chi connectivity index (χ4n) is 3.88. The van der Waals surface area contributed by atoms with Crippen LogP contribution in [-0.4, -0.2) is 54.8 Å². The summed E-state index contributed by atoms with van der Waals surface area (Å²) in [4.78, 5) is 29.1. The average Bonchev–Trinajstić information content (AvgIpc) is 2.89. The van der Waals surface area contributed by atoms with Crippen LogP contribution in [0.15, 0.2) is 29.2 Å². The number of rotatable bonds is 4. The molecule has 3 heterocycles. The van der Waals surface area contributed by atoms with Gasteiger partial charge in [-0.3, -0.25) is 9.36 Å². The molecule has 0 radical (unpaired) electrons. The van der Waals surface area contributed by atoms with E-state index in [-0.39, 0.29) is 5.82 Å². The van der Waals surface area contributed by atoms with Crippen molar-refractivity contribution in [2.24, 2.45) is 0 Å². The van der Waals surface area contributed by atoms with Gasteiger partial charge in [-0.05, 0) is 72.0 Å². The number of aliphatic hydroxyl groups excluding tert-OH is 2. The predicted molar refractivity (Wildman–Crippen MR) is 121 cm³/mol. The molecule has 9 nitrogen and oxygen atoms in total. The van der Waals surface area contributed by atoms with Crippen molar-refractivity contribution in [2.45, 2.75) is 48.3 Å². The zero-order valence-electron chi connectivity index (χ0n) is 17.3. The number of amides is 1. The summed E-state index contributed by atoms with van der Waals surface area (Å²) in [6.07, 6.45) is -0.190. The SMILES string of the molecule is Cc1cc2c(cc1C(=O)Nc1ccn(C3O[C@H](CO)[C@@H](O)C3(F)I)c(=O)n1)OCCCC2. The van der Waals surface area contributed by atoms with Crippen molar-refractivity contribution in [1.29, 1.82) is 0 Å². The fraction of sp³-hybridized carbons (Fsp3) is 0.476. The van der Waals surface area contributed by atoms with E-state index < -0.39 is 40.3 Å². The van der Waals surface area contributed by atoms with Gasteiger partial charge in [0.25, 0.3) is 5.91 Å². The maximum absolute atomic E-state index is 14.9. The molecule has 32 heavy (non-hydrogen) atoms. The molecule has 0 spiro atoms. The first kappa shape index (κ1) is 23.1. The minimum atomic E-state index is -2.35. The summed E-state index contributed by atoms with van der Waals surface area (Å²) in [5, 5.41) is 21.8. The number of halogens is 2. The molecule has 2 unspecified atom stereocenters. The van der Waals surface area contributed by atoms with Crippen LogP contribution in [0.5, 0.6) is 5.75 Å². The second-order valence-electron chi connectivity index (χ2n) is 7.87. The van der Waals surface area contributed by atoms with Gasteiger partial charge in [-0.1, -0.05) is 6.07 Å². The van der Waals surface area contributed by atoms with Gasteiger partial charge in [0.2, 0.25) is 3.68 Å². The maximum Gasteiger partial charge on any atom is 0.351 e. The number of aryl methyl sites for hydroxylation is 2. The molecule has 1 aromatic carbocycles. The van der Waals surface area contributed by atoms with Crippen LogP contribution in [0, 0.1) is 6.92 Å². The van der Waals surface area contributed by atoms with E-state index in [9.17, 15) is 24.2 Å². The molecular weight excluding hydrogens is 536 g/mol. The molecule has 3 N–H and O–H groups in total. The van der Waals surface area contributed by atoms with Crippen molar-refractivity contribution in [3.05, 3.63) is 51.6 Å². The summed E-state index contributed by atoms with van der Waals surface area (Å²) in [5.74, 6) is 0.212. The first-order valence-corrected chi connectivity index (χ1v) is 11.3.